The molecule has 0 fully saturated rings. The molecule has 1 rings (SSSR count). The van der Waals surface area contributed by atoms with Crippen LogP contribution in [0.5, 0.6) is 0 Å². The summed E-state index contributed by atoms with van der Waals surface area (Å²) in [5, 5.41) is 0. The summed E-state index contributed by atoms with van der Waals surface area (Å²) in [5.41, 5.74) is 7.18. The fourth-order valence-corrected chi connectivity index (χ4v) is 1.57. The highest BCUT2D eigenvalue weighted by molar-refractivity contribution is 5.10. The molecule has 2 unspecified atom stereocenters. The number of nitrogens with two attached hydrogens (primary N) is 1. The Kier molecular flexibility index (Phi) is 4.56. The molecular formula is C11H18N2O. The number of rotatable bonds is 5. The van der Waals surface area contributed by atoms with Gasteiger partial charge in [-0.05, 0) is 24.5 Å². The van der Waals surface area contributed by atoms with Gasteiger partial charge in [-0.1, -0.05) is 13.0 Å². The minimum Gasteiger partial charge on any atom is -0.380 e. The van der Waals surface area contributed by atoms with Gasteiger partial charge in [-0.15, -0.1) is 0 Å². The second-order valence-corrected chi connectivity index (χ2v) is 3.41. The zero-order chi connectivity index (χ0) is 10.4. The zero-order valence-corrected chi connectivity index (χ0v) is 8.81. The van der Waals surface area contributed by atoms with Crippen molar-refractivity contribution in [2.24, 2.45) is 5.73 Å². The molecule has 2 atom stereocenters. The maximum atomic E-state index is 6.02. The van der Waals surface area contributed by atoms with Gasteiger partial charge in [0, 0.05) is 25.5 Å². The molecule has 0 aliphatic heterocycles. The number of ether oxygens (including phenoxy) is 1. The second kappa shape index (κ2) is 5.73. The SMILES string of the molecule is CCC(OC)C(N)Cc1cccnc1. The molecule has 14 heavy (non-hydrogen) atoms. The molecule has 78 valence electrons. The van der Waals surface area contributed by atoms with Crippen molar-refractivity contribution >= 4 is 0 Å². The van der Waals surface area contributed by atoms with Gasteiger partial charge in [0.25, 0.3) is 0 Å². The van der Waals surface area contributed by atoms with Crippen molar-refractivity contribution in [2.45, 2.75) is 31.9 Å². The third kappa shape index (κ3) is 3.09. The van der Waals surface area contributed by atoms with Crippen LogP contribution in [-0.4, -0.2) is 24.2 Å². The van der Waals surface area contributed by atoms with Crippen LogP contribution in [0.2, 0.25) is 0 Å². The topological polar surface area (TPSA) is 48.1 Å². The molecule has 0 aliphatic carbocycles. The molecule has 1 aromatic heterocycles. The number of methoxy groups -OCH3 is 1. The van der Waals surface area contributed by atoms with E-state index in [9.17, 15) is 0 Å². The molecule has 2 N–H and O–H groups in total. The Bertz CT molecular complexity index is 247. The first-order chi connectivity index (χ1) is 6.77. The van der Waals surface area contributed by atoms with Crippen LogP contribution in [0.15, 0.2) is 24.5 Å². The van der Waals surface area contributed by atoms with Gasteiger partial charge in [-0.25, -0.2) is 0 Å². The van der Waals surface area contributed by atoms with Crippen LogP contribution in [-0.2, 0) is 11.2 Å². The number of hydrogen-bond donors (Lipinski definition) is 1. The van der Waals surface area contributed by atoms with Crippen LogP contribution in [0.25, 0.3) is 0 Å². The first kappa shape index (κ1) is 11.1. The summed E-state index contributed by atoms with van der Waals surface area (Å²) >= 11 is 0. The molecule has 0 spiro atoms. The summed E-state index contributed by atoms with van der Waals surface area (Å²) in [4.78, 5) is 4.05. The van der Waals surface area contributed by atoms with E-state index in [2.05, 4.69) is 11.9 Å². The zero-order valence-electron chi connectivity index (χ0n) is 8.81. The number of hydrogen-bond acceptors (Lipinski definition) is 3. The maximum Gasteiger partial charge on any atom is 0.0722 e. The van der Waals surface area contributed by atoms with E-state index in [0.717, 1.165) is 18.4 Å². The lowest BCUT2D eigenvalue weighted by atomic mass is 10.0. The second-order valence-electron chi connectivity index (χ2n) is 3.41. The van der Waals surface area contributed by atoms with Crippen molar-refractivity contribution in [2.75, 3.05) is 7.11 Å². The van der Waals surface area contributed by atoms with E-state index in [1.165, 1.54) is 0 Å². The molecule has 0 aliphatic rings. The number of pyridine rings is 1. The molecule has 0 saturated carbocycles. The van der Waals surface area contributed by atoms with Crippen LogP contribution in [0.4, 0.5) is 0 Å². The number of nitrogens with zero attached hydrogens (tertiary/aromatic N) is 1. The molecule has 0 bridgehead atoms. The third-order valence-corrected chi connectivity index (χ3v) is 2.38. The summed E-state index contributed by atoms with van der Waals surface area (Å²) < 4.78 is 5.29. The summed E-state index contributed by atoms with van der Waals surface area (Å²) in [6.07, 6.45) is 5.51. The highest BCUT2D eigenvalue weighted by Crippen LogP contribution is 2.07. The Labute approximate surface area is 85.3 Å². The van der Waals surface area contributed by atoms with E-state index in [1.54, 1.807) is 13.3 Å². The normalized spacial score (nSPS) is 15.1. The third-order valence-electron chi connectivity index (χ3n) is 2.38. The largest absolute Gasteiger partial charge is 0.380 e. The fourth-order valence-electron chi connectivity index (χ4n) is 1.57. The Morgan fingerprint density at radius 1 is 1.57 bits per heavy atom. The quantitative estimate of drug-likeness (QED) is 0.770. The van der Waals surface area contributed by atoms with Crippen molar-refractivity contribution in [1.82, 2.24) is 4.98 Å². The number of aromatic nitrogens is 1. The Balaban J connectivity index is 2.52. The van der Waals surface area contributed by atoms with Crippen molar-refractivity contribution < 1.29 is 4.74 Å². The predicted octanol–water partition coefficient (Wildman–Crippen LogP) is 1.38. The Hall–Kier alpha value is -0.930. The Morgan fingerprint density at radius 2 is 2.36 bits per heavy atom. The summed E-state index contributed by atoms with van der Waals surface area (Å²) in [6.45, 7) is 2.08. The minimum atomic E-state index is 0.0502. The molecule has 0 saturated heterocycles. The van der Waals surface area contributed by atoms with Gasteiger partial charge < -0.3 is 10.5 Å². The van der Waals surface area contributed by atoms with Crippen LogP contribution in [0.3, 0.4) is 0 Å². The van der Waals surface area contributed by atoms with Crippen molar-refractivity contribution in [3.05, 3.63) is 30.1 Å². The lowest BCUT2D eigenvalue weighted by Crippen LogP contribution is -2.37. The Morgan fingerprint density at radius 3 is 2.86 bits per heavy atom. The summed E-state index contributed by atoms with van der Waals surface area (Å²) in [5.74, 6) is 0. The van der Waals surface area contributed by atoms with E-state index in [-0.39, 0.29) is 12.1 Å². The fraction of sp³-hybridized carbons (Fsp3) is 0.545. The lowest BCUT2D eigenvalue weighted by molar-refractivity contribution is 0.0773. The van der Waals surface area contributed by atoms with Gasteiger partial charge in [0.2, 0.25) is 0 Å². The van der Waals surface area contributed by atoms with Crippen molar-refractivity contribution in [3.8, 4) is 0 Å². The molecule has 3 nitrogen and oxygen atoms in total. The molecule has 0 radical (unpaired) electrons. The standard InChI is InChI=1S/C11H18N2O/c1-3-11(14-2)10(12)7-9-5-4-6-13-8-9/h4-6,8,10-11H,3,7,12H2,1-2H3. The van der Waals surface area contributed by atoms with Crippen LogP contribution >= 0.6 is 0 Å². The maximum absolute atomic E-state index is 6.02. The first-order valence-electron chi connectivity index (χ1n) is 4.95. The first-order valence-corrected chi connectivity index (χ1v) is 4.95. The summed E-state index contributed by atoms with van der Waals surface area (Å²) in [7, 11) is 1.71. The summed E-state index contributed by atoms with van der Waals surface area (Å²) in [6, 6.07) is 4.01. The van der Waals surface area contributed by atoms with Crippen LogP contribution in [0, 0.1) is 0 Å². The minimum absolute atomic E-state index is 0.0502. The molecule has 1 heterocycles. The van der Waals surface area contributed by atoms with Crippen molar-refractivity contribution in [1.29, 1.82) is 0 Å². The van der Waals surface area contributed by atoms with Crippen molar-refractivity contribution in [3.63, 3.8) is 0 Å². The monoisotopic (exact) mass is 194 g/mol. The van der Waals surface area contributed by atoms with E-state index < -0.39 is 0 Å². The molecule has 1 aromatic rings. The predicted molar refractivity (Wildman–Crippen MR) is 57.0 cm³/mol. The highest BCUT2D eigenvalue weighted by atomic mass is 16.5. The molecule has 3 heteroatoms. The van der Waals surface area contributed by atoms with E-state index in [1.807, 2.05) is 18.3 Å². The van der Waals surface area contributed by atoms with Crippen LogP contribution in [0.1, 0.15) is 18.9 Å². The smallest absolute Gasteiger partial charge is 0.0722 e. The average Bonchev–Trinajstić information content (AvgIpc) is 2.21. The lowest BCUT2D eigenvalue weighted by Gasteiger charge is -2.20. The molecular weight excluding hydrogens is 176 g/mol. The van der Waals surface area contributed by atoms with Gasteiger partial charge >= 0.3 is 0 Å². The van der Waals surface area contributed by atoms with Gasteiger partial charge in [0.15, 0.2) is 0 Å². The van der Waals surface area contributed by atoms with Gasteiger partial charge in [0.1, 0.15) is 0 Å². The van der Waals surface area contributed by atoms with E-state index in [4.69, 9.17) is 10.5 Å². The molecule has 0 amide bonds. The van der Waals surface area contributed by atoms with Crippen LogP contribution < -0.4 is 5.73 Å². The average molecular weight is 194 g/mol. The van der Waals surface area contributed by atoms with Gasteiger partial charge in [0.05, 0.1) is 6.10 Å². The van der Waals surface area contributed by atoms with E-state index in [0.29, 0.717) is 0 Å². The van der Waals surface area contributed by atoms with E-state index >= 15 is 0 Å². The molecule has 0 aromatic carbocycles. The van der Waals surface area contributed by atoms with Gasteiger partial charge in [-0.2, -0.15) is 0 Å². The van der Waals surface area contributed by atoms with Gasteiger partial charge in [-0.3, -0.25) is 4.98 Å². The highest BCUT2D eigenvalue weighted by Gasteiger charge is 2.15.